The van der Waals surface area contributed by atoms with Gasteiger partial charge in [0.05, 0.1) is 18.9 Å². The van der Waals surface area contributed by atoms with E-state index in [1.807, 2.05) is 19.1 Å². The number of methoxy groups -OCH3 is 1. The van der Waals surface area contributed by atoms with Gasteiger partial charge in [-0.05, 0) is 61.3 Å². The number of carbonyl (C=O) groups excluding carboxylic acids is 3. The molecular weight excluding hydrogens is 368 g/mol. The van der Waals surface area contributed by atoms with Gasteiger partial charge >= 0.3 is 0 Å². The van der Waals surface area contributed by atoms with E-state index >= 15 is 0 Å². The van der Waals surface area contributed by atoms with Crippen molar-refractivity contribution in [3.8, 4) is 5.75 Å². The van der Waals surface area contributed by atoms with Crippen molar-refractivity contribution in [2.75, 3.05) is 12.4 Å². The Morgan fingerprint density at radius 1 is 1.10 bits per heavy atom. The third-order valence-corrected chi connectivity index (χ3v) is 6.73. The highest BCUT2D eigenvalue weighted by Gasteiger charge is 2.60. The Bertz CT molecular complexity index is 890. The number of carbonyl (C=O) groups is 3. The summed E-state index contributed by atoms with van der Waals surface area (Å²) >= 11 is 0. The van der Waals surface area contributed by atoms with E-state index in [1.54, 1.807) is 14.0 Å². The molecule has 0 spiro atoms. The summed E-state index contributed by atoms with van der Waals surface area (Å²) in [5, 5.41) is 2.92. The van der Waals surface area contributed by atoms with Gasteiger partial charge in [-0.25, -0.2) is 0 Å². The molecule has 4 rings (SSSR count). The van der Waals surface area contributed by atoms with Crippen LogP contribution in [-0.2, 0) is 14.4 Å². The molecule has 1 heterocycles. The quantitative estimate of drug-likeness (QED) is 0.612. The second-order valence-electron chi connectivity index (χ2n) is 8.78. The zero-order valence-electron chi connectivity index (χ0n) is 17.6. The first-order valence-electron chi connectivity index (χ1n) is 10.3. The maximum atomic E-state index is 13.0. The Morgan fingerprint density at radius 2 is 1.69 bits per heavy atom. The fraction of sp³-hybridized carbons (Fsp3) is 0.522. The average molecular weight is 396 g/mol. The van der Waals surface area contributed by atoms with E-state index in [0.29, 0.717) is 5.69 Å². The van der Waals surface area contributed by atoms with Crippen molar-refractivity contribution in [3.63, 3.8) is 0 Å². The molecule has 0 radical (unpaired) electrons. The highest BCUT2D eigenvalue weighted by molar-refractivity contribution is 6.10. The minimum Gasteiger partial charge on any atom is -0.496 e. The van der Waals surface area contributed by atoms with E-state index in [2.05, 4.69) is 31.3 Å². The van der Waals surface area contributed by atoms with Crippen LogP contribution in [0.4, 0.5) is 5.69 Å². The van der Waals surface area contributed by atoms with Crippen molar-refractivity contribution >= 4 is 23.4 Å². The Hall–Kier alpha value is -2.63. The Kier molecular flexibility index (Phi) is 4.75. The van der Waals surface area contributed by atoms with E-state index in [9.17, 15) is 14.4 Å². The number of likely N-dealkylation sites (tertiary alicyclic amines) is 1. The molecule has 1 aromatic carbocycles. The minimum absolute atomic E-state index is 0.138. The van der Waals surface area contributed by atoms with Gasteiger partial charge < -0.3 is 10.1 Å². The minimum atomic E-state index is -0.844. The van der Waals surface area contributed by atoms with Gasteiger partial charge in [0.2, 0.25) is 17.7 Å². The molecule has 1 N–H and O–H groups in total. The van der Waals surface area contributed by atoms with Crippen LogP contribution in [0.1, 0.15) is 44.2 Å². The van der Waals surface area contributed by atoms with Crippen molar-refractivity contribution in [1.82, 2.24) is 4.90 Å². The van der Waals surface area contributed by atoms with Crippen LogP contribution in [0, 0.1) is 30.6 Å². The van der Waals surface area contributed by atoms with Crippen LogP contribution in [0.15, 0.2) is 24.3 Å². The van der Waals surface area contributed by atoms with E-state index in [1.165, 1.54) is 4.90 Å². The largest absolute Gasteiger partial charge is 0.496 e. The first kappa shape index (κ1) is 19.7. The molecule has 1 aromatic rings. The molecule has 2 aliphatic carbocycles. The van der Waals surface area contributed by atoms with Crippen LogP contribution >= 0.6 is 0 Å². The molecule has 6 nitrogen and oxygen atoms in total. The summed E-state index contributed by atoms with van der Waals surface area (Å²) in [5.74, 6) is -0.0473. The van der Waals surface area contributed by atoms with E-state index in [0.717, 1.165) is 23.3 Å². The van der Waals surface area contributed by atoms with Crippen molar-refractivity contribution in [3.05, 3.63) is 35.4 Å². The molecular formula is C23H28N2O4. The number of benzene rings is 1. The molecule has 2 bridgehead atoms. The zero-order chi connectivity index (χ0) is 21.0. The lowest BCUT2D eigenvalue weighted by Gasteiger charge is -2.24. The number of amides is 3. The van der Waals surface area contributed by atoms with Gasteiger partial charge in [-0.3, -0.25) is 19.3 Å². The Balaban J connectivity index is 1.55. The fourth-order valence-corrected chi connectivity index (χ4v) is 5.12. The lowest BCUT2D eigenvalue weighted by Crippen LogP contribution is -2.46. The topological polar surface area (TPSA) is 75.7 Å². The predicted octanol–water partition coefficient (Wildman–Crippen LogP) is 3.26. The zero-order valence-corrected chi connectivity index (χ0v) is 17.6. The second kappa shape index (κ2) is 7.01. The van der Waals surface area contributed by atoms with Gasteiger partial charge in [-0.2, -0.15) is 0 Å². The lowest BCUT2D eigenvalue weighted by atomic mass is 9.85. The number of rotatable bonds is 5. The van der Waals surface area contributed by atoms with E-state index in [4.69, 9.17) is 4.74 Å². The van der Waals surface area contributed by atoms with Crippen molar-refractivity contribution in [1.29, 1.82) is 0 Å². The molecule has 1 saturated carbocycles. The molecule has 1 aliphatic heterocycles. The van der Waals surface area contributed by atoms with Crippen LogP contribution < -0.4 is 10.1 Å². The molecule has 2 fully saturated rings. The number of imide groups is 1. The van der Waals surface area contributed by atoms with E-state index in [-0.39, 0.29) is 47.3 Å². The number of fused-ring (bicyclic) bond motifs is 5. The normalized spacial score (nSPS) is 28.3. The number of anilines is 1. The highest BCUT2D eigenvalue weighted by Crippen LogP contribution is 2.52. The van der Waals surface area contributed by atoms with Gasteiger partial charge in [-0.15, -0.1) is 0 Å². The molecule has 1 saturated heterocycles. The van der Waals surface area contributed by atoms with Crippen LogP contribution in [0.3, 0.4) is 0 Å². The summed E-state index contributed by atoms with van der Waals surface area (Å²) < 4.78 is 5.46. The fourth-order valence-electron chi connectivity index (χ4n) is 5.12. The predicted molar refractivity (Wildman–Crippen MR) is 109 cm³/mol. The summed E-state index contributed by atoms with van der Waals surface area (Å²) in [7, 11) is 1.63. The number of ether oxygens (including phenoxy) is 1. The standard InChI is InChI=1S/C23H28N2O4/c1-11(2)16-10-17(12(3)8-18(16)29-5)24-21(26)13(4)25-22(27)19-14-6-7-15(9-14)20(19)23(25)28/h6-8,10-11,13-15,19-20H,9H2,1-5H3,(H,24,26)/t13-,14-,15-,19-,20+/m0/s1. The first-order valence-corrected chi connectivity index (χ1v) is 10.3. The number of aryl methyl sites for hydroxylation is 1. The molecule has 3 aliphatic rings. The lowest BCUT2D eigenvalue weighted by molar-refractivity contribution is -0.146. The number of nitrogens with zero attached hydrogens (tertiary/aromatic N) is 1. The Morgan fingerprint density at radius 3 is 2.21 bits per heavy atom. The smallest absolute Gasteiger partial charge is 0.247 e. The van der Waals surface area contributed by atoms with Crippen LogP contribution in [0.5, 0.6) is 5.75 Å². The van der Waals surface area contributed by atoms with Crippen LogP contribution in [0.25, 0.3) is 0 Å². The SMILES string of the molecule is COc1cc(C)c(NC(=O)[C@H](C)N2C(=O)[C@@H]3[C@H](C2=O)[C@H]2C=C[C@H]3C2)cc1C(C)C. The van der Waals surface area contributed by atoms with Crippen molar-refractivity contribution in [2.45, 2.75) is 46.1 Å². The van der Waals surface area contributed by atoms with Gasteiger partial charge in [0.1, 0.15) is 11.8 Å². The van der Waals surface area contributed by atoms with Crippen LogP contribution in [-0.4, -0.2) is 35.8 Å². The van der Waals surface area contributed by atoms with Crippen LogP contribution in [0.2, 0.25) is 0 Å². The maximum Gasteiger partial charge on any atom is 0.247 e. The average Bonchev–Trinajstić information content (AvgIpc) is 3.36. The monoisotopic (exact) mass is 396 g/mol. The number of hydrogen-bond acceptors (Lipinski definition) is 4. The summed E-state index contributed by atoms with van der Waals surface area (Å²) in [6, 6.07) is 2.97. The second-order valence-corrected chi connectivity index (χ2v) is 8.78. The highest BCUT2D eigenvalue weighted by atomic mass is 16.5. The summed E-state index contributed by atoms with van der Waals surface area (Å²) in [4.78, 5) is 40.1. The van der Waals surface area contributed by atoms with Gasteiger partial charge in [0.25, 0.3) is 0 Å². The molecule has 154 valence electrons. The number of hydrogen-bond donors (Lipinski definition) is 1. The third-order valence-electron chi connectivity index (χ3n) is 6.73. The molecule has 5 atom stereocenters. The molecule has 29 heavy (non-hydrogen) atoms. The molecule has 6 heteroatoms. The molecule has 0 unspecified atom stereocenters. The summed E-state index contributed by atoms with van der Waals surface area (Å²) in [5.41, 5.74) is 2.53. The summed E-state index contributed by atoms with van der Waals surface area (Å²) in [6.45, 7) is 7.64. The maximum absolute atomic E-state index is 13.0. The van der Waals surface area contributed by atoms with Crippen molar-refractivity contribution in [2.24, 2.45) is 23.7 Å². The Labute approximate surface area is 171 Å². The molecule has 3 amide bonds. The molecule has 0 aromatic heterocycles. The summed E-state index contributed by atoms with van der Waals surface area (Å²) in [6.07, 6.45) is 4.99. The van der Waals surface area contributed by atoms with Gasteiger partial charge in [-0.1, -0.05) is 26.0 Å². The number of allylic oxidation sites excluding steroid dienone is 2. The van der Waals surface area contributed by atoms with Gasteiger partial charge in [0.15, 0.2) is 0 Å². The van der Waals surface area contributed by atoms with Crippen molar-refractivity contribution < 1.29 is 19.1 Å². The number of nitrogens with one attached hydrogen (secondary N) is 1. The third kappa shape index (κ3) is 2.96. The first-order chi connectivity index (χ1) is 13.7. The van der Waals surface area contributed by atoms with E-state index < -0.39 is 6.04 Å². The van der Waals surface area contributed by atoms with Gasteiger partial charge in [0, 0.05) is 5.69 Å².